The van der Waals surface area contributed by atoms with Crippen LogP contribution in [0.3, 0.4) is 0 Å². The molecule has 1 aliphatic heterocycles. The highest BCUT2D eigenvalue weighted by Gasteiger charge is 2.32. The topological polar surface area (TPSA) is 41.5 Å². The molecule has 0 aromatic carbocycles. The molecule has 3 nitrogen and oxygen atoms in total. The van der Waals surface area contributed by atoms with Crippen LogP contribution >= 0.6 is 0 Å². The van der Waals surface area contributed by atoms with Gasteiger partial charge in [0, 0.05) is 0 Å². The van der Waals surface area contributed by atoms with Gasteiger partial charge in [-0.1, -0.05) is 12.8 Å². The third kappa shape index (κ3) is 2.69. The lowest BCUT2D eigenvalue weighted by Gasteiger charge is -2.28. The van der Waals surface area contributed by atoms with Crippen molar-refractivity contribution in [2.45, 2.75) is 50.2 Å². The van der Waals surface area contributed by atoms with Gasteiger partial charge in [-0.05, 0) is 38.8 Å². The van der Waals surface area contributed by atoms with Gasteiger partial charge in [0.05, 0.1) is 18.3 Å². The molecule has 14 heavy (non-hydrogen) atoms. The number of hydrogen-bond donors (Lipinski definition) is 2. The average Bonchev–Trinajstić information content (AvgIpc) is 2.65. The van der Waals surface area contributed by atoms with Gasteiger partial charge in [0.25, 0.3) is 0 Å². The van der Waals surface area contributed by atoms with Crippen molar-refractivity contribution in [1.29, 1.82) is 0 Å². The van der Waals surface area contributed by atoms with E-state index < -0.39 is 5.60 Å². The Morgan fingerprint density at radius 2 is 1.86 bits per heavy atom. The second-order valence-electron chi connectivity index (χ2n) is 4.69. The van der Waals surface area contributed by atoms with E-state index in [0.29, 0.717) is 12.7 Å². The smallest absolute Gasteiger partial charge is 0.0880 e. The van der Waals surface area contributed by atoms with Crippen LogP contribution in [0.5, 0.6) is 0 Å². The van der Waals surface area contributed by atoms with Gasteiger partial charge < -0.3 is 15.2 Å². The van der Waals surface area contributed by atoms with Crippen LogP contribution in [-0.2, 0) is 4.74 Å². The molecule has 0 atom stereocenters. The summed E-state index contributed by atoms with van der Waals surface area (Å²) in [6.07, 6.45) is 6.74. The summed E-state index contributed by atoms with van der Waals surface area (Å²) in [7, 11) is 0. The Morgan fingerprint density at radius 1 is 1.21 bits per heavy atom. The van der Waals surface area contributed by atoms with Crippen molar-refractivity contribution in [2.24, 2.45) is 0 Å². The van der Waals surface area contributed by atoms with Gasteiger partial charge >= 0.3 is 0 Å². The highest BCUT2D eigenvalue weighted by molar-refractivity contribution is 4.84. The first-order valence-electron chi connectivity index (χ1n) is 5.83. The van der Waals surface area contributed by atoms with Crippen molar-refractivity contribution in [3.05, 3.63) is 0 Å². The minimum Gasteiger partial charge on any atom is -0.387 e. The molecule has 3 heteroatoms. The molecule has 1 heterocycles. The van der Waals surface area contributed by atoms with Gasteiger partial charge in [0.15, 0.2) is 0 Å². The first-order valence-corrected chi connectivity index (χ1v) is 5.83. The summed E-state index contributed by atoms with van der Waals surface area (Å²) < 4.78 is 5.78. The van der Waals surface area contributed by atoms with E-state index >= 15 is 0 Å². The van der Waals surface area contributed by atoms with Crippen molar-refractivity contribution in [3.8, 4) is 0 Å². The lowest BCUT2D eigenvalue weighted by atomic mass is 10.0. The largest absolute Gasteiger partial charge is 0.387 e. The molecule has 2 rings (SSSR count). The molecule has 2 N–H and O–H groups in total. The van der Waals surface area contributed by atoms with Crippen LogP contribution in [0.1, 0.15) is 38.5 Å². The Bertz CT molecular complexity index is 172. The standard InChI is InChI=1S/C11H21NO2/c13-11(5-1-2-6-11)9-14-10-3-7-12-8-4-10/h10,12-13H,1-9H2. The van der Waals surface area contributed by atoms with Crippen molar-refractivity contribution in [2.75, 3.05) is 19.7 Å². The van der Waals surface area contributed by atoms with Crippen molar-refractivity contribution >= 4 is 0 Å². The molecule has 1 saturated carbocycles. The van der Waals surface area contributed by atoms with Crippen molar-refractivity contribution in [1.82, 2.24) is 5.32 Å². The fourth-order valence-corrected chi connectivity index (χ4v) is 2.41. The maximum atomic E-state index is 10.1. The molecule has 2 fully saturated rings. The predicted octanol–water partition coefficient (Wildman–Crippen LogP) is 1.06. The van der Waals surface area contributed by atoms with Crippen LogP contribution in [0.4, 0.5) is 0 Å². The van der Waals surface area contributed by atoms with Crippen LogP contribution in [0.25, 0.3) is 0 Å². The van der Waals surface area contributed by atoms with E-state index in [1.807, 2.05) is 0 Å². The monoisotopic (exact) mass is 199 g/mol. The number of ether oxygens (including phenoxy) is 1. The Kier molecular flexibility index (Phi) is 3.42. The lowest BCUT2D eigenvalue weighted by molar-refractivity contribution is -0.0754. The highest BCUT2D eigenvalue weighted by atomic mass is 16.5. The molecule has 0 bridgehead atoms. The highest BCUT2D eigenvalue weighted by Crippen LogP contribution is 2.30. The SMILES string of the molecule is OC1(COC2CCNCC2)CCCC1. The first-order chi connectivity index (χ1) is 6.79. The summed E-state index contributed by atoms with van der Waals surface area (Å²) in [6.45, 7) is 2.67. The Labute approximate surface area is 85.8 Å². The average molecular weight is 199 g/mol. The first kappa shape index (κ1) is 10.4. The van der Waals surface area contributed by atoms with Gasteiger partial charge in [-0.25, -0.2) is 0 Å². The van der Waals surface area contributed by atoms with Gasteiger partial charge in [0.2, 0.25) is 0 Å². The Morgan fingerprint density at radius 3 is 2.50 bits per heavy atom. The zero-order chi connectivity index (χ0) is 9.86. The number of nitrogens with one attached hydrogen (secondary N) is 1. The van der Waals surface area contributed by atoms with Gasteiger partial charge in [-0.3, -0.25) is 0 Å². The molecule has 1 aliphatic carbocycles. The van der Waals surface area contributed by atoms with E-state index in [4.69, 9.17) is 4.74 Å². The Balaban J connectivity index is 1.70. The molecular weight excluding hydrogens is 178 g/mol. The number of piperidine rings is 1. The van der Waals surface area contributed by atoms with E-state index in [-0.39, 0.29) is 0 Å². The molecule has 0 aromatic heterocycles. The Hall–Kier alpha value is -0.120. The van der Waals surface area contributed by atoms with E-state index in [1.165, 1.54) is 0 Å². The predicted molar refractivity (Wildman–Crippen MR) is 55.3 cm³/mol. The van der Waals surface area contributed by atoms with Gasteiger partial charge in [0.1, 0.15) is 0 Å². The second-order valence-corrected chi connectivity index (χ2v) is 4.69. The summed E-state index contributed by atoms with van der Waals surface area (Å²) in [6, 6.07) is 0. The number of aliphatic hydroxyl groups is 1. The number of rotatable bonds is 3. The molecule has 1 saturated heterocycles. The van der Waals surface area contributed by atoms with Crippen LogP contribution in [-0.4, -0.2) is 36.5 Å². The van der Waals surface area contributed by atoms with E-state index in [9.17, 15) is 5.11 Å². The van der Waals surface area contributed by atoms with Crippen LogP contribution in [0.2, 0.25) is 0 Å². The van der Waals surface area contributed by atoms with Gasteiger partial charge in [-0.15, -0.1) is 0 Å². The summed E-state index contributed by atoms with van der Waals surface area (Å²) in [5, 5.41) is 13.4. The normalized spacial score (nSPS) is 28.1. The molecule has 0 spiro atoms. The van der Waals surface area contributed by atoms with E-state index in [0.717, 1.165) is 51.6 Å². The molecule has 0 aromatic rings. The number of hydrogen-bond acceptors (Lipinski definition) is 3. The van der Waals surface area contributed by atoms with Gasteiger partial charge in [-0.2, -0.15) is 0 Å². The van der Waals surface area contributed by atoms with E-state index in [1.54, 1.807) is 0 Å². The third-order valence-corrected chi connectivity index (χ3v) is 3.41. The summed E-state index contributed by atoms with van der Waals surface area (Å²) in [5.41, 5.74) is -0.495. The fourth-order valence-electron chi connectivity index (χ4n) is 2.41. The molecule has 0 unspecified atom stereocenters. The second kappa shape index (κ2) is 4.60. The van der Waals surface area contributed by atoms with Crippen LogP contribution in [0.15, 0.2) is 0 Å². The van der Waals surface area contributed by atoms with Crippen molar-refractivity contribution < 1.29 is 9.84 Å². The maximum absolute atomic E-state index is 10.1. The zero-order valence-corrected chi connectivity index (χ0v) is 8.80. The minimum absolute atomic E-state index is 0.376. The van der Waals surface area contributed by atoms with Crippen molar-refractivity contribution in [3.63, 3.8) is 0 Å². The summed E-state index contributed by atoms with van der Waals surface area (Å²) in [4.78, 5) is 0. The maximum Gasteiger partial charge on any atom is 0.0880 e. The molecule has 0 amide bonds. The summed E-state index contributed by atoms with van der Waals surface area (Å²) >= 11 is 0. The van der Waals surface area contributed by atoms with Crippen LogP contribution < -0.4 is 5.32 Å². The quantitative estimate of drug-likeness (QED) is 0.714. The fraction of sp³-hybridized carbons (Fsp3) is 1.00. The third-order valence-electron chi connectivity index (χ3n) is 3.41. The lowest BCUT2D eigenvalue weighted by Crippen LogP contribution is -2.37. The molecule has 82 valence electrons. The summed E-state index contributed by atoms with van der Waals surface area (Å²) in [5.74, 6) is 0. The molecule has 2 aliphatic rings. The van der Waals surface area contributed by atoms with E-state index in [2.05, 4.69) is 5.32 Å². The zero-order valence-electron chi connectivity index (χ0n) is 8.80. The van der Waals surface area contributed by atoms with Crippen LogP contribution in [0, 0.1) is 0 Å². The molecule has 0 radical (unpaired) electrons. The minimum atomic E-state index is -0.495. The molecular formula is C11H21NO2.